The zero-order valence-electron chi connectivity index (χ0n) is 25.1. The highest BCUT2D eigenvalue weighted by Gasteiger charge is 2.57. The summed E-state index contributed by atoms with van der Waals surface area (Å²) in [5.74, 6) is -6.03. The molecule has 2 saturated heterocycles. The fraction of sp³-hybridized carbons (Fsp3) is 0.731. The van der Waals surface area contributed by atoms with Crippen molar-refractivity contribution in [2.24, 2.45) is 0 Å². The molecule has 0 radical (unpaired) electrons. The fourth-order valence-electron chi connectivity index (χ4n) is 4.49. The molecule has 2 fully saturated rings. The van der Waals surface area contributed by atoms with Gasteiger partial charge in [0, 0.05) is 48.5 Å². The molecule has 1 N–H and O–H groups in total. The van der Waals surface area contributed by atoms with Gasteiger partial charge in [0.25, 0.3) is 0 Å². The first-order valence-electron chi connectivity index (χ1n) is 13.3. The first-order chi connectivity index (χ1) is 20.5. The molecule has 248 valence electrons. The molecule has 18 nitrogen and oxygen atoms in total. The van der Waals surface area contributed by atoms with Gasteiger partial charge in [-0.25, -0.2) is 0 Å². The Labute approximate surface area is 251 Å². The third-order valence-corrected chi connectivity index (χ3v) is 5.90. The molecule has 0 aromatic rings. The second kappa shape index (κ2) is 16.3. The van der Waals surface area contributed by atoms with Crippen LogP contribution >= 0.6 is 0 Å². The molecule has 44 heavy (non-hydrogen) atoms. The van der Waals surface area contributed by atoms with Gasteiger partial charge < -0.3 is 52.5 Å². The zero-order valence-corrected chi connectivity index (χ0v) is 25.1. The number of aliphatic hydroxyl groups is 1. The van der Waals surface area contributed by atoms with Crippen LogP contribution in [0.1, 0.15) is 48.5 Å². The molecule has 0 aliphatic carbocycles. The van der Waals surface area contributed by atoms with Crippen LogP contribution in [0.4, 0.5) is 0 Å². The predicted molar refractivity (Wildman–Crippen MR) is 135 cm³/mol. The number of ether oxygens (including phenoxy) is 10. The lowest BCUT2D eigenvalue weighted by molar-refractivity contribution is -0.357. The van der Waals surface area contributed by atoms with Gasteiger partial charge in [-0.1, -0.05) is 0 Å². The SMILES string of the molecule is CC(=O)OCC1OC(O[C@H]2[C@H](OC(C)=O)[C@@H](COC(C)=O)OC(O)[C@@H]2OC(C)=O)C(OC(C)=O)C(OC(C)=O)C1OC(C)=O. The van der Waals surface area contributed by atoms with Gasteiger partial charge in [-0.2, -0.15) is 0 Å². The molecular weight excluding hydrogens is 600 g/mol. The summed E-state index contributed by atoms with van der Waals surface area (Å²) < 4.78 is 54.0. The Hall–Kier alpha value is -3.87. The van der Waals surface area contributed by atoms with Gasteiger partial charge in [-0.3, -0.25) is 33.6 Å². The van der Waals surface area contributed by atoms with E-state index in [0.717, 1.165) is 48.5 Å². The van der Waals surface area contributed by atoms with Crippen LogP contribution in [0.3, 0.4) is 0 Å². The molecule has 6 unspecified atom stereocenters. The van der Waals surface area contributed by atoms with Crippen molar-refractivity contribution in [3.63, 3.8) is 0 Å². The lowest BCUT2D eigenvalue weighted by Gasteiger charge is -2.48. The number of carbonyl (C=O) groups excluding carboxylic acids is 7. The van der Waals surface area contributed by atoms with Crippen LogP contribution < -0.4 is 0 Å². The predicted octanol–water partition coefficient (Wildman–Crippen LogP) is -1.40. The topological polar surface area (TPSA) is 232 Å². The third-order valence-electron chi connectivity index (χ3n) is 5.90. The van der Waals surface area contributed by atoms with E-state index >= 15 is 0 Å². The third kappa shape index (κ3) is 10.7. The summed E-state index contributed by atoms with van der Waals surface area (Å²) in [7, 11) is 0. The highest BCUT2D eigenvalue weighted by atomic mass is 16.8. The van der Waals surface area contributed by atoms with Gasteiger partial charge >= 0.3 is 41.8 Å². The van der Waals surface area contributed by atoms with Crippen LogP contribution in [-0.4, -0.2) is 122 Å². The summed E-state index contributed by atoms with van der Waals surface area (Å²) in [4.78, 5) is 83.5. The van der Waals surface area contributed by atoms with Gasteiger partial charge in [-0.05, 0) is 0 Å². The molecule has 0 amide bonds. The maximum atomic E-state index is 12.2. The summed E-state index contributed by atoms with van der Waals surface area (Å²) in [5, 5.41) is 10.8. The van der Waals surface area contributed by atoms with Crippen molar-refractivity contribution in [1.29, 1.82) is 0 Å². The van der Waals surface area contributed by atoms with Gasteiger partial charge in [-0.15, -0.1) is 0 Å². The maximum absolute atomic E-state index is 12.2. The van der Waals surface area contributed by atoms with E-state index in [4.69, 9.17) is 47.4 Å². The van der Waals surface area contributed by atoms with Gasteiger partial charge in [0.2, 0.25) is 0 Å². The lowest BCUT2D eigenvalue weighted by Crippen LogP contribution is -2.67. The molecular formula is C26H36O18. The molecule has 0 saturated carbocycles. The molecule has 2 aliphatic rings. The minimum atomic E-state index is -1.94. The van der Waals surface area contributed by atoms with Crippen molar-refractivity contribution < 1.29 is 86.0 Å². The van der Waals surface area contributed by atoms with Gasteiger partial charge in [0.15, 0.2) is 43.1 Å². The summed E-state index contributed by atoms with van der Waals surface area (Å²) >= 11 is 0. The zero-order chi connectivity index (χ0) is 33.3. The lowest BCUT2D eigenvalue weighted by atomic mass is 9.96. The fourth-order valence-corrected chi connectivity index (χ4v) is 4.49. The second-order valence-electron chi connectivity index (χ2n) is 9.68. The minimum Gasteiger partial charge on any atom is -0.463 e. The number of hydrogen-bond acceptors (Lipinski definition) is 18. The van der Waals surface area contributed by atoms with E-state index in [1.807, 2.05) is 0 Å². The number of rotatable bonds is 11. The first kappa shape index (κ1) is 36.3. The first-order valence-corrected chi connectivity index (χ1v) is 13.3. The van der Waals surface area contributed by atoms with E-state index in [2.05, 4.69) is 0 Å². The summed E-state index contributed by atoms with van der Waals surface area (Å²) in [5.41, 5.74) is 0. The highest BCUT2D eigenvalue weighted by molar-refractivity contribution is 5.69. The summed E-state index contributed by atoms with van der Waals surface area (Å²) in [6.07, 6.45) is -16.4. The number of aliphatic hydroxyl groups excluding tert-OH is 1. The average molecular weight is 637 g/mol. The molecule has 2 aliphatic heterocycles. The van der Waals surface area contributed by atoms with E-state index in [1.165, 1.54) is 0 Å². The minimum absolute atomic E-state index is 0.560. The number of carbonyl (C=O) groups is 7. The van der Waals surface area contributed by atoms with E-state index in [-0.39, 0.29) is 0 Å². The smallest absolute Gasteiger partial charge is 0.303 e. The largest absolute Gasteiger partial charge is 0.463 e. The molecule has 2 heterocycles. The summed E-state index contributed by atoms with van der Waals surface area (Å²) in [6, 6.07) is 0. The molecule has 10 atom stereocenters. The van der Waals surface area contributed by atoms with Crippen molar-refractivity contribution in [2.45, 2.75) is 110 Å². The van der Waals surface area contributed by atoms with Crippen LogP contribution in [0.2, 0.25) is 0 Å². The average Bonchev–Trinajstić information content (AvgIpc) is 2.87. The molecule has 18 heteroatoms. The standard InChI is InChI=1S/C26H36O18/c1-10(27)35-8-17-19(37-12(3)29)21(23(25(34)42-17)40-15(6)32)44-26-24(41-16(7)33)22(39-14(5)31)20(38-13(4)30)18(43-26)9-36-11(2)28/h17-26,34H,8-9H2,1-7H3/t17-,18?,19-,20?,21+,22?,23-,24?,25?,26?/m1/s1. The Balaban J connectivity index is 2.66. The molecule has 0 bridgehead atoms. The molecule has 2 rings (SSSR count). The monoisotopic (exact) mass is 636 g/mol. The number of hydrogen-bond donors (Lipinski definition) is 1. The normalized spacial score (nSPS) is 31.5. The van der Waals surface area contributed by atoms with Gasteiger partial charge in [0.05, 0.1) is 0 Å². The number of esters is 7. The second-order valence-corrected chi connectivity index (χ2v) is 9.68. The molecule has 0 spiro atoms. The highest BCUT2D eigenvalue weighted by Crippen LogP contribution is 2.35. The Morgan fingerprint density at radius 3 is 1.27 bits per heavy atom. The summed E-state index contributed by atoms with van der Waals surface area (Å²) in [6.45, 7) is 6.13. The maximum Gasteiger partial charge on any atom is 0.303 e. The Morgan fingerprint density at radius 1 is 0.477 bits per heavy atom. The Morgan fingerprint density at radius 2 is 0.841 bits per heavy atom. The van der Waals surface area contributed by atoms with Crippen LogP contribution in [0, 0.1) is 0 Å². The Kier molecular flexibility index (Phi) is 13.4. The van der Waals surface area contributed by atoms with Crippen molar-refractivity contribution in [3.8, 4) is 0 Å². The van der Waals surface area contributed by atoms with Gasteiger partial charge in [0.1, 0.15) is 31.5 Å². The molecule has 0 aromatic carbocycles. The van der Waals surface area contributed by atoms with Crippen molar-refractivity contribution in [2.75, 3.05) is 13.2 Å². The Bertz CT molecular complexity index is 1090. The van der Waals surface area contributed by atoms with Crippen molar-refractivity contribution in [3.05, 3.63) is 0 Å². The van der Waals surface area contributed by atoms with E-state index in [1.54, 1.807) is 0 Å². The van der Waals surface area contributed by atoms with Crippen LogP contribution in [0.5, 0.6) is 0 Å². The van der Waals surface area contributed by atoms with Crippen LogP contribution in [0.15, 0.2) is 0 Å². The molecule has 0 aromatic heterocycles. The van der Waals surface area contributed by atoms with Crippen LogP contribution in [0.25, 0.3) is 0 Å². The van der Waals surface area contributed by atoms with E-state index < -0.39 is 116 Å². The van der Waals surface area contributed by atoms with E-state index in [9.17, 15) is 38.7 Å². The van der Waals surface area contributed by atoms with E-state index in [0.29, 0.717) is 0 Å². The van der Waals surface area contributed by atoms with Crippen LogP contribution in [-0.2, 0) is 80.9 Å². The van der Waals surface area contributed by atoms with Crippen molar-refractivity contribution in [1.82, 2.24) is 0 Å². The quantitative estimate of drug-likeness (QED) is 0.203. The van der Waals surface area contributed by atoms with Crippen molar-refractivity contribution >= 4 is 41.8 Å².